The van der Waals surface area contributed by atoms with Gasteiger partial charge in [0.25, 0.3) is 5.91 Å². The van der Waals surface area contributed by atoms with Crippen LogP contribution in [0.2, 0.25) is 0 Å². The Bertz CT molecular complexity index is 1020. The highest BCUT2D eigenvalue weighted by molar-refractivity contribution is 6.05. The molecule has 2 aromatic carbocycles. The van der Waals surface area contributed by atoms with E-state index in [9.17, 15) is 4.79 Å². The van der Waals surface area contributed by atoms with Gasteiger partial charge in [-0.15, -0.1) is 0 Å². The second-order valence-corrected chi connectivity index (χ2v) is 7.62. The highest BCUT2D eigenvalue weighted by Crippen LogP contribution is 2.27. The summed E-state index contributed by atoms with van der Waals surface area (Å²) < 4.78 is 11.3. The van der Waals surface area contributed by atoms with E-state index in [-0.39, 0.29) is 12.0 Å². The molecule has 5 nitrogen and oxygen atoms in total. The number of nitrogens with zero attached hydrogens (tertiary/aromatic N) is 1. The Kier molecular flexibility index (Phi) is 7.79. The lowest BCUT2D eigenvalue weighted by atomic mass is 10.1. The molecule has 0 spiro atoms. The van der Waals surface area contributed by atoms with Gasteiger partial charge in [-0.25, -0.2) is 0 Å². The largest absolute Gasteiger partial charge is 0.457 e. The standard InChI is InChI=1S/C26H30N2O3/c1-5-8-20-9-6-7-10-25(20)31-23-14-11-21(12-15-23)28-26(29)24-16-13-22(27-19(24)3)17-18(2)30-4/h6-7,9-16,18H,5,8,17H2,1-4H3,(H,28,29). The summed E-state index contributed by atoms with van der Waals surface area (Å²) in [4.78, 5) is 17.3. The number of carbonyl (C=O) groups is 1. The summed E-state index contributed by atoms with van der Waals surface area (Å²) in [6.45, 7) is 5.99. The summed E-state index contributed by atoms with van der Waals surface area (Å²) in [6.07, 6.45) is 2.83. The van der Waals surface area contributed by atoms with Gasteiger partial charge < -0.3 is 14.8 Å². The summed E-state index contributed by atoms with van der Waals surface area (Å²) in [6, 6.07) is 19.2. The molecule has 3 rings (SSSR count). The number of benzene rings is 2. The lowest BCUT2D eigenvalue weighted by Gasteiger charge is -2.13. The third kappa shape index (κ3) is 6.15. The maximum Gasteiger partial charge on any atom is 0.257 e. The molecule has 0 aliphatic heterocycles. The van der Waals surface area contributed by atoms with E-state index in [1.54, 1.807) is 7.11 Å². The second-order valence-electron chi connectivity index (χ2n) is 7.62. The van der Waals surface area contributed by atoms with E-state index in [0.29, 0.717) is 23.4 Å². The number of anilines is 1. The first-order valence-corrected chi connectivity index (χ1v) is 10.7. The Morgan fingerprint density at radius 1 is 1.06 bits per heavy atom. The van der Waals surface area contributed by atoms with E-state index in [2.05, 4.69) is 23.3 Å². The fourth-order valence-corrected chi connectivity index (χ4v) is 3.36. The molecule has 162 valence electrons. The minimum absolute atomic E-state index is 0.0845. The van der Waals surface area contributed by atoms with E-state index in [1.807, 2.05) is 68.4 Å². The van der Waals surface area contributed by atoms with Crippen molar-refractivity contribution in [3.05, 3.63) is 83.2 Å². The highest BCUT2D eigenvalue weighted by atomic mass is 16.5. The van der Waals surface area contributed by atoms with Crippen LogP contribution in [0.1, 0.15) is 47.6 Å². The van der Waals surface area contributed by atoms with Crippen LogP contribution in [0.3, 0.4) is 0 Å². The lowest BCUT2D eigenvalue weighted by molar-refractivity contribution is 0.102. The third-order valence-electron chi connectivity index (χ3n) is 5.12. The molecule has 0 saturated carbocycles. The average molecular weight is 419 g/mol. The topological polar surface area (TPSA) is 60.5 Å². The van der Waals surface area contributed by atoms with E-state index in [1.165, 1.54) is 5.56 Å². The first-order valence-electron chi connectivity index (χ1n) is 10.7. The fraction of sp³-hybridized carbons (Fsp3) is 0.308. The van der Waals surface area contributed by atoms with Crippen LogP contribution in [0, 0.1) is 6.92 Å². The zero-order chi connectivity index (χ0) is 22.2. The molecule has 0 bridgehead atoms. The van der Waals surface area contributed by atoms with Crippen molar-refractivity contribution in [1.29, 1.82) is 0 Å². The van der Waals surface area contributed by atoms with Gasteiger partial charge in [-0.3, -0.25) is 9.78 Å². The van der Waals surface area contributed by atoms with Gasteiger partial charge in [-0.2, -0.15) is 0 Å². The second kappa shape index (κ2) is 10.7. The lowest BCUT2D eigenvalue weighted by Crippen LogP contribution is -2.16. The number of aryl methyl sites for hydroxylation is 2. The Balaban J connectivity index is 1.65. The number of pyridine rings is 1. The molecule has 1 atom stereocenters. The first kappa shape index (κ1) is 22.5. The molecule has 1 amide bonds. The van der Waals surface area contributed by atoms with Gasteiger partial charge in [-0.1, -0.05) is 31.5 Å². The molecule has 0 fully saturated rings. The Hall–Kier alpha value is -3.18. The van der Waals surface area contributed by atoms with Gasteiger partial charge in [0, 0.05) is 24.9 Å². The minimum Gasteiger partial charge on any atom is -0.457 e. The number of ether oxygens (including phenoxy) is 2. The number of nitrogens with one attached hydrogen (secondary N) is 1. The summed E-state index contributed by atoms with van der Waals surface area (Å²) in [5.41, 5.74) is 4.06. The van der Waals surface area contributed by atoms with Crippen molar-refractivity contribution in [1.82, 2.24) is 4.98 Å². The summed E-state index contributed by atoms with van der Waals surface area (Å²) in [7, 11) is 1.68. The molecule has 0 aliphatic rings. The predicted molar refractivity (Wildman–Crippen MR) is 124 cm³/mol. The van der Waals surface area contributed by atoms with Crippen LogP contribution in [-0.4, -0.2) is 24.1 Å². The molecular weight excluding hydrogens is 388 g/mol. The number of hydrogen-bond acceptors (Lipinski definition) is 4. The number of amides is 1. The van der Waals surface area contributed by atoms with Crippen LogP contribution < -0.4 is 10.1 Å². The molecule has 0 aliphatic carbocycles. The van der Waals surface area contributed by atoms with Crippen molar-refractivity contribution < 1.29 is 14.3 Å². The van der Waals surface area contributed by atoms with E-state index >= 15 is 0 Å². The van der Waals surface area contributed by atoms with Gasteiger partial charge in [-0.05, 0) is 68.3 Å². The third-order valence-corrected chi connectivity index (χ3v) is 5.12. The van der Waals surface area contributed by atoms with E-state index in [0.717, 1.165) is 30.0 Å². The molecule has 1 heterocycles. The number of para-hydroxylation sites is 1. The van der Waals surface area contributed by atoms with Crippen LogP contribution in [0.15, 0.2) is 60.7 Å². The Morgan fingerprint density at radius 3 is 2.48 bits per heavy atom. The molecule has 1 N–H and O–H groups in total. The van der Waals surface area contributed by atoms with Gasteiger partial charge >= 0.3 is 0 Å². The van der Waals surface area contributed by atoms with E-state index < -0.39 is 0 Å². The summed E-state index contributed by atoms with van der Waals surface area (Å²) >= 11 is 0. The Morgan fingerprint density at radius 2 is 1.81 bits per heavy atom. The number of hydrogen-bond donors (Lipinski definition) is 1. The molecule has 0 radical (unpaired) electrons. The maximum absolute atomic E-state index is 12.7. The zero-order valence-electron chi connectivity index (χ0n) is 18.6. The SMILES string of the molecule is CCCc1ccccc1Oc1ccc(NC(=O)c2ccc(CC(C)OC)nc2C)cc1. The maximum atomic E-state index is 12.7. The Labute approximate surface area is 184 Å². The van der Waals surface area contributed by atoms with E-state index in [4.69, 9.17) is 9.47 Å². The van der Waals surface area contributed by atoms with Crippen LogP contribution in [0.25, 0.3) is 0 Å². The number of aromatic nitrogens is 1. The monoisotopic (exact) mass is 418 g/mol. The average Bonchev–Trinajstić information content (AvgIpc) is 2.76. The minimum atomic E-state index is -0.182. The van der Waals surface area contributed by atoms with Crippen molar-refractivity contribution in [3.8, 4) is 11.5 Å². The van der Waals surface area contributed by atoms with Gasteiger partial charge in [0.15, 0.2) is 0 Å². The molecule has 3 aromatic rings. The molecule has 31 heavy (non-hydrogen) atoms. The van der Waals surface area contributed by atoms with Crippen molar-refractivity contribution >= 4 is 11.6 Å². The predicted octanol–water partition coefficient (Wildman–Crippen LogP) is 5.96. The zero-order valence-corrected chi connectivity index (χ0v) is 18.6. The number of methoxy groups -OCH3 is 1. The molecular formula is C26H30N2O3. The quantitative estimate of drug-likeness (QED) is 0.465. The van der Waals surface area contributed by atoms with Gasteiger partial charge in [0.1, 0.15) is 11.5 Å². The molecule has 5 heteroatoms. The number of carbonyl (C=O) groups excluding carboxylic acids is 1. The molecule has 0 saturated heterocycles. The van der Waals surface area contributed by atoms with Gasteiger partial charge in [0.2, 0.25) is 0 Å². The number of rotatable bonds is 9. The fourth-order valence-electron chi connectivity index (χ4n) is 3.36. The smallest absolute Gasteiger partial charge is 0.257 e. The summed E-state index contributed by atoms with van der Waals surface area (Å²) in [5.74, 6) is 1.42. The van der Waals surface area contributed by atoms with Crippen LogP contribution in [0.4, 0.5) is 5.69 Å². The summed E-state index contributed by atoms with van der Waals surface area (Å²) in [5, 5.41) is 2.93. The highest BCUT2D eigenvalue weighted by Gasteiger charge is 2.13. The van der Waals surface area contributed by atoms with Crippen molar-refractivity contribution in [2.45, 2.75) is 46.1 Å². The van der Waals surface area contributed by atoms with Crippen LogP contribution >= 0.6 is 0 Å². The molecule has 1 aromatic heterocycles. The van der Waals surface area contributed by atoms with Crippen molar-refractivity contribution in [2.75, 3.05) is 12.4 Å². The van der Waals surface area contributed by atoms with Crippen molar-refractivity contribution in [2.24, 2.45) is 0 Å². The van der Waals surface area contributed by atoms with Crippen molar-refractivity contribution in [3.63, 3.8) is 0 Å². The van der Waals surface area contributed by atoms with Crippen LogP contribution in [-0.2, 0) is 17.6 Å². The van der Waals surface area contributed by atoms with Gasteiger partial charge in [0.05, 0.1) is 17.4 Å². The first-order chi connectivity index (χ1) is 15.0. The van der Waals surface area contributed by atoms with Crippen LogP contribution in [0.5, 0.6) is 11.5 Å². The molecule has 1 unspecified atom stereocenters. The normalized spacial score (nSPS) is 11.7.